The predicted molar refractivity (Wildman–Crippen MR) is 88.9 cm³/mol. The molecule has 112 valence electrons. The van der Waals surface area contributed by atoms with E-state index in [9.17, 15) is 5.11 Å². The van der Waals surface area contributed by atoms with Gasteiger partial charge in [0.1, 0.15) is 5.75 Å². The molecule has 0 aliphatic carbocycles. The van der Waals surface area contributed by atoms with E-state index in [1.54, 1.807) is 6.07 Å². The Morgan fingerprint density at radius 3 is 2.43 bits per heavy atom. The van der Waals surface area contributed by atoms with E-state index in [-0.39, 0.29) is 12.1 Å². The topological polar surface area (TPSA) is 32.3 Å². The van der Waals surface area contributed by atoms with Gasteiger partial charge in [0.15, 0.2) is 0 Å². The molecule has 21 heavy (non-hydrogen) atoms. The Labute approximate surface area is 131 Å². The highest BCUT2D eigenvalue weighted by Crippen LogP contribution is 2.26. The summed E-state index contributed by atoms with van der Waals surface area (Å²) in [6.45, 7) is 4.26. The van der Waals surface area contributed by atoms with Crippen molar-refractivity contribution in [3.8, 4) is 5.75 Å². The molecule has 0 spiro atoms. The minimum absolute atomic E-state index is 0.142. The van der Waals surface area contributed by atoms with Crippen LogP contribution in [0.5, 0.6) is 5.75 Å². The van der Waals surface area contributed by atoms with Gasteiger partial charge in [-0.2, -0.15) is 0 Å². The van der Waals surface area contributed by atoms with Crippen LogP contribution in [-0.4, -0.2) is 11.1 Å². The SMILES string of the molecule is CCC(NC(C)Cc1ccccc1Cl)c1ccccc1O. The van der Waals surface area contributed by atoms with Gasteiger partial charge in [0.05, 0.1) is 0 Å². The number of rotatable bonds is 6. The third-order valence-electron chi connectivity index (χ3n) is 3.69. The Hall–Kier alpha value is -1.51. The number of hydrogen-bond acceptors (Lipinski definition) is 2. The lowest BCUT2D eigenvalue weighted by Crippen LogP contribution is -2.32. The maximum absolute atomic E-state index is 10.00. The Morgan fingerprint density at radius 2 is 1.76 bits per heavy atom. The van der Waals surface area contributed by atoms with Crippen LogP contribution >= 0.6 is 11.6 Å². The van der Waals surface area contributed by atoms with Crippen molar-refractivity contribution in [2.45, 2.75) is 38.8 Å². The quantitative estimate of drug-likeness (QED) is 0.809. The van der Waals surface area contributed by atoms with Gasteiger partial charge in [-0.05, 0) is 37.5 Å². The third kappa shape index (κ3) is 4.23. The number of benzene rings is 2. The van der Waals surface area contributed by atoms with Crippen molar-refractivity contribution in [1.29, 1.82) is 0 Å². The lowest BCUT2D eigenvalue weighted by molar-refractivity contribution is 0.413. The van der Waals surface area contributed by atoms with E-state index in [2.05, 4.69) is 25.2 Å². The number of phenols is 1. The Morgan fingerprint density at radius 1 is 1.10 bits per heavy atom. The highest BCUT2D eigenvalue weighted by molar-refractivity contribution is 6.31. The minimum atomic E-state index is 0.142. The van der Waals surface area contributed by atoms with E-state index in [1.165, 1.54) is 0 Å². The molecule has 0 fully saturated rings. The molecule has 2 aromatic carbocycles. The summed E-state index contributed by atoms with van der Waals surface area (Å²) in [5.74, 6) is 0.349. The smallest absolute Gasteiger partial charge is 0.120 e. The van der Waals surface area contributed by atoms with E-state index < -0.39 is 0 Å². The van der Waals surface area contributed by atoms with Crippen LogP contribution in [0.1, 0.15) is 37.4 Å². The van der Waals surface area contributed by atoms with E-state index in [0.717, 1.165) is 29.0 Å². The zero-order chi connectivity index (χ0) is 15.2. The molecule has 3 heteroatoms. The first-order valence-corrected chi connectivity index (χ1v) is 7.77. The van der Waals surface area contributed by atoms with Crippen LogP contribution in [0.3, 0.4) is 0 Å². The second-order valence-corrected chi connectivity index (χ2v) is 5.79. The molecule has 2 atom stereocenters. The van der Waals surface area contributed by atoms with Crippen molar-refractivity contribution in [2.24, 2.45) is 0 Å². The van der Waals surface area contributed by atoms with Crippen molar-refractivity contribution in [3.05, 3.63) is 64.7 Å². The van der Waals surface area contributed by atoms with E-state index >= 15 is 0 Å². The molecule has 2 N–H and O–H groups in total. The first-order valence-electron chi connectivity index (χ1n) is 7.39. The van der Waals surface area contributed by atoms with Gasteiger partial charge in [0, 0.05) is 22.7 Å². The number of aromatic hydroxyl groups is 1. The summed E-state index contributed by atoms with van der Waals surface area (Å²) in [5.41, 5.74) is 2.09. The molecule has 0 saturated heterocycles. The molecule has 0 heterocycles. The molecule has 0 bridgehead atoms. The summed E-state index contributed by atoms with van der Waals surface area (Å²) in [4.78, 5) is 0. The fourth-order valence-corrected chi connectivity index (χ4v) is 2.82. The van der Waals surface area contributed by atoms with Crippen LogP contribution in [0.15, 0.2) is 48.5 Å². The van der Waals surface area contributed by atoms with Crippen LogP contribution in [0.2, 0.25) is 5.02 Å². The predicted octanol–water partition coefficient (Wildman–Crippen LogP) is 4.72. The van der Waals surface area contributed by atoms with Crippen molar-refractivity contribution in [3.63, 3.8) is 0 Å². The molecule has 2 rings (SSSR count). The summed E-state index contributed by atoms with van der Waals surface area (Å²) in [7, 11) is 0. The lowest BCUT2D eigenvalue weighted by Gasteiger charge is -2.23. The third-order valence-corrected chi connectivity index (χ3v) is 4.06. The zero-order valence-corrected chi connectivity index (χ0v) is 13.3. The van der Waals surface area contributed by atoms with Crippen LogP contribution < -0.4 is 5.32 Å². The molecule has 0 aliphatic heterocycles. The average molecular weight is 304 g/mol. The van der Waals surface area contributed by atoms with Gasteiger partial charge >= 0.3 is 0 Å². The molecular weight excluding hydrogens is 282 g/mol. The standard InChI is InChI=1S/C18H22ClNO/c1-3-17(15-9-5-7-11-18(15)21)20-13(2)12-14-8-4-6-10-16(14)19/h4-11,13,17,20-21H,3,12H2,1-2H3. The number of para-hydroxylation sites is 1. The molecule has 0 radical (unpaired) electrons. The summed E-state index contributed by atoms with van der Waals surface area (Å²) >= 11 is 6.21. The van der Waals surface area contributed by atoms with E-state index in [0.29, 0.717) is 5.75 Å². The lowest BCUT2D eigenvalue weighted by atomic mass is 10.0. The van der Waals surface area contributed by atoms with Crippen LogP contribution in [0.4, 0.5) is 0 Å². The van der Waals surface area contributed by atoms with Crippen molar-refractivity contribution >= 4 is 11.6 Å². The fraction of sp³-hybridized carbons (Fsp3) is 0.333. The van der Waals surface area contributed by atoms with Gasteiger partial charge in [-0.25, -0.2) is 0 Å². The first-order chi connectivity index (χ1) is 10.1. The Bertz CT molecular complexity index is 585. The maximum atomic E-state index is 10.00. The first kappa shape index (κ1) is 15.9. The molecule has 0 amide bonds. The van der Waals surface area contributed by atoms with Crippen LogP contribution in [0, 0.1) is 0 Å². The summed E-state index contributed by atoms with van der Waals surface area (Å²) in [6.07, 6.45) is 1.79. The van der Waals surface area contributed by atoms with Crippen LogP contribution in [-0.2, 0) is 6.42 Å². The van der Waals surface area contributed by atoms with Gasteiger partial charge < -0.3 is 10.4 Å². The van der Waals surface area contributed by atoms with E-state index in [1.807, 2.05) is 36.4 Å². The highest BCUT2D eigenvalue weighted by atomic mass is 35.5. The molecule has 0 aliphatic rings. The summed E-state index contributed by atoms with van der Waals surface area (Å²) < 4.78 is 0. The van der Waals surface area contributed by atoms with Crippen LogP contribution in [0.25, 0.3) is 0 Å². The van der Waals surface area contributed by atoms with Crippen molar-refractivity contribution in [1.82, 2.24) is 5.32 Å². The average Bonchev–Trinajstić information content (AvgIpc) is 2.48. The largest absolute Gasteiger partial charge is 0.508 e. The Kier molecular flexibility index (Phi) is 5.66. The normalized spacial score (nSPS) is 13.9. The number of nitrogens with one attached hydrogen (secondary N) is 1. The zero-order valence-electron chi connectivity index (χ0n) is 12.5. The second kappa shape index (κ2) is 7.48. The molecule has 2 nitrogen and oxygen atoms in total. The second-order valence-electron chi connectivity index (χ2n) is 5.38. The molecule has 0 saturated carbocycles. The molecule has 0 aromatic heterocycles. The van der Waals surface area contributed by atoms with E-state index in [4.69, 9.17) is 11.6 Å². The number of halogens is 1. The van der Waals surface area contributed by atoms with Gasteiger partial charge in [-0.1, -0.05) is 54.9 Å². The van der Waals surface area contributed by atoms with Crippen molar-refractivity contribution in [2.75, 3.05) is 0 Å². The fourth-order valence-electron chi connectivity index (χ4n) is 2.61. The maximum Gasteiger partial charge on any atom is 0.120 e. The Balaban J connectivity index is 2.05. The molecule has 2 unspecified atom stereocenters. The number of hydrogen-bond donors (Lipinski definition) is 2. The molecule has 2 aromatic rings. The van der Waals surface area contributed by atoms with Gasteiger partial charge in [-0.3, -0.25) is 0 Å². The summed E-state index contributed by atoms with van der Waals surface area (Å²) in [6, 6.07) is 15.9. The summed E-state index contributed by atoms with van der Waals surface area (Å²) in [5, 5.41) is 14.4. The minimum Gasteiger partial charge on any atom is -0.508 e. The molecular formula is C18H22ClNO. The highest BCUT2D eigenvalue weighted by Gasteiger charge is 2.16. The monoisotopic (exact) mass is 303 g/mol. The van der Waals surface area contributed by atoms with Crippen molar-refractivity contribution < 1.29 is 5.11 Å². The van der Waals surface area contributed by atoms with Gasteiger partial charge in [0.25, 0.3) is 0 Å². The number of phenolic OH excluding ortho intramolecular Hbond substituents is 1. The van der Waals surface area contributed by atoms with Gasteiger partial charge in [0.2, 0.25) is 0 Å². The van der Waals surface area contributed by atoms with Gasteiger partial charge in [-0.15, -0.1) is 0 Å².